The van der Waals surface area contributed by atoms with Crippen molar-refractivity contribution < 1.29 is 4.42 Å². The monoisotopic (exact) mass is 366 g/mol. The molecule has 3 aromatic heterocycles. The highest BCUT2D eigenvalue weighted by molar-refractivity contribution is 5.90. The summed E-state index contributed by atoms with van der Waals surface area (Å²) in [5.74, 6) is 2.32. The predicted octanol–water partition coefficient (Wildman–Crippen LogP) is 5.61. The summed E-state index contributed by atoms with van der Waals surface area (Å²) in [5, 5.41) is 5.58. The topological polar surface area (TPSA) is 63.8 Å². The van der Waals surface area contributed by atoms with Gasteiger partial charge in [-0.15, -0.1) is 0 Å². The molecule has 2 aromatic carbocycles. The number of aromatic nitrogens is 3. The first-order chi connectivity index (χ1) is 13.8. The van der Waals surface area contributed by atoms with E-state index in [1.807, 2.05) is 54.6 Å². The van der Waals surface area contributed by atoms with Crippen LogP contribution in [-0.4, -0.2) is 15.0 Å². The number of pyridine rings is 1. The van der Waals surface area contributed by atoms with Gasteiger partial charge in [0.05, 0.1) is 11.6 Å². The molecule has 0 aliphatic carbocycles. The van der Waals surface area contributed by atoms with E-state index in [4.69, 9.17) is 14.4 Å². The molecule has 0 aliphatic heterocycles. The Kier molecular flexibility index (Phi) is 3.98. The van der Waals surface area contributed by atoms with Crippen LogP contribution in [0.4, 0.5) is 5.82 Å². The van der Waals surface area contributed by atoms with E-state index >= 15 is 0 Å². The Balaban J connectivity index is 1.57. The molecule has 0 unspecified atom stereocenters. The van der Waals surface area contributed by atoms with Crippen LogP contribution >= 0.6 is 0 Å². The smallest absolute Gasteiger partial charge is 0.162 e. The van der Waals surface area contributed by atoms with E-state index in [1.165, 1.54) is 0 Å². The molecule has 136 valence electrons. The minimum atomic E-state index is -0.0454. The first-order valence-electron chi connectivity index (χ1n) is 9.20. The van der Waals surface area contributed by atoms with E-state index in [0.29, 0.717) is 5.82 Å². The first kappa shape index (κ1) is 16.4. The molecule has 0 amide bonds. The van der Waals surface area contributed by atoms with Crippen molar-refractivity contribution in [3.05, 3.63) is 84.9 Å². The van der Waals surface area contributed by atoms with Gasteiger partial charge in [-0.2, -0.15) is 0 Å². The van der Waals surface area contributed by atoms with Gasteiger partial charge in [0.2, 0.25) is 0 Å². The molecule has 3 heterocycles. The van der Waals surface area contributed by atoms with Gasteiger partial charge in [0.1, 0.15) is 17.2 Å². The Labute approximate surface area is 162 Å². The summed E-state index contributed by atoms with van der Waals surface area (Å²) >= 11 is 0. The van der Waals surface area contributed by atoms with Crippen molar-refractivity contribution in [3.8, 4) is 11.4 Å². The molecule has 0 fully saturated rings. The molecule has 5 nitrogen and oxygen atoms in total. The summed E-state index contributed by atoms with van der Waals surface area (Å²) in [5.41, 5.74) is 2.71. The van der Waals surface area contributed by atoms with E-state index in [-0.39, 0.29) is 6.04 Å². The van der Waals surface area contributed by atoms with Gasteiger partial charge in [0.25, 0.3) is 0 Å². The molecule has 0 radical (unpaired) electrons. The standard InChI is InChI=1S/C23H18N4O/c1-15(21-14-17-6-2-5-9-20(17)28-21)25-23-18-7-3-4-8-19(18)26-22(27-23)16-10-12-24-13-11-16/h2-15H,1H3,(H,25,26,27)/t15-/m1/s1. The quantitative estimate of drug-likeness (QED) is 0.448. The largest absolute Gasteiger partial charge is 0.459 e. The summed E-state index contributed by atoms with van der Waals surface area (Å²) in [6, 6.07) is 21.9. The third-order valence-corrected chi connectivity index (χ3v) is 4.77. The van der Waals surface area contributed by atoms with Gasteiger partial charge in [-0.1, -0.05) is 30.3 Å². The maximum absolute atomic E-state index is 6.01. The van der Waals surface area contributed by atoms with E-state index < -0.39 is 0 Å². The molecule has 28 heavy (non-hydrogen) atoms. The highest BCUT2D eigenvalue weighted by Crippen LogP contribution is 2.30. The van der Waals surface area contributed by atoms with Crippen molar-refractivity contribution in [2.24, 2.45) is 0 Å². The summed E-state index contributed by atoms with van der Waals surface area (Å²) in [6.07, 6.45) is 3.50. The molecule has 1 atom stereocenters. The second kappa shape index (κ2) is 6.78. The number of hydrogen-bond acceptors (Lipinski definition) is 5. The Morgan fingerprint density at radius 3 is 2.54 bits per heavy atom. The van der Waals surface area contributed by atoms with Gasteiger partial charge < -0.3 is 9.73 Å². The van der Waals surface area contributed by atoms with Crippen LogP contribution in [0.15, 0.2) is 83.5 Å². The van der Waals surface area contributed by atoms with Gasteiger partial charge in [-0.3, -0.25) is 4.98 Å². The highest BCUT2D eigenvalue weighted by Gasteiger charge is 2.15. The summed E-state index contributed by atoms with van der Waals surface area (Å²) in [6.45, 7) is 2.07. The van der Waals surface area contributed by atoms with Gasteiger partial charge in [0, 0.05) is 28.7 Å². The zero-order valence-electron chi connectivity index (χ0n) is 15.3. The predicted molar refractivity (Wildman–Crippen MR) is 111 cm³/mol. The van der Waals surface area contributed by atoms with Crippen molar-refractivity contribution in [2.45, 2.75) is 13.0 Å². The number of anilines is 1. The molecule has 5 aromatic rings. The molecule has 5 heteroatoms. The van der Waals surface area contributed by atoms with Crippen molar-refractivity contribution in [1.82, 2.24) is 15.0 Å². The lowest BCUT2D eigenvalue weighted by Gasteiger charge is -2.15. The lowest BCUT2D eigenvalue weighted by atomic mass is 10.1. The van der Waals surface area contributed by atoms with Gasteiger partial charge >= 0.3 is 0 Å². The Morgan fingerprint density at radius 1 is 0.893 bits per heavy atom. The number of rotatable bonds is 4. The van der Waals surface area contributed by atoms with E-state index in [9.17, 15) is 0 Å². The molecule has 1 N–H and O–H groups in total. The van der Waals surface area contributed by atoms with Crippen molar-refractivity contribution in [1.29, 1.82) is 0 Å². The molecular weight excluding hydrogens is 348 g/mol. The van der Waals surface area contributed by atoms with Crippen molar-refractivity contribution in [2.75, 3.05) is 5.32 Å². The second-order valence-electron chi connectivity index (χ2n) is 6.70. The van der Waals surface area contributed by atoms with Gasteiger partial charge in [-0.05, 0) is 43.3 Å². The zero-order valence-corrected chi connectivity index (χ0v) is 15.3. The van der Waals surface area contributed by atoms with Crippen LogP contribution in [0.25, 0.3) is 33.3 Å². The van der Waals surface area contributed by atoms with E-state index in [2.05, 4.69) is 29.4 Å². The fourth-order valence-electron chi connectivity index (χ4n) is 3.31. The Bertz CT molecular complexity index is 1230. The highest BCUT2D eigenvalue weighted by atomic mass is 16.3. The van der Waals surface area contributed by atoms with Gasteiger partial charge in [0.15, 0.2) is 5.82 Å². The average Bonchev–Trinajstić information content (AvgIpc) is 3.19. The van der Waals surface area contributed by atoms with Crippen molar-refractivity contribution >= 4 is 27.7 Å². The van der Waals surface area contributed by atoms with Crippen LogP contribution in [0.2, 0.25) is 0 Å². The minimum Gasteiger partial charge on any atom is -0.459 e. The van der Waals surface area contributed by atoms with Crippen LogP contribution in [0, 0.1) is 0 Å². The Hall–Kier alpha value is -3.73. The number of nitrogens with one attached hydrogen (secondary N) is 1. The van der Waals surface area contributed by atoms with Crippen molar-refractivity contribution in [3.63, 3.8) is 0 Å². The minimum absolute atomic E-state index is 0.0454. The van der Waals surface area contributed by atoms with Gasteiger partial charge in [-0.25, -0.2) is 9.97 Å². The number of para-hydroxylation sites is 2. The van der Waals surface area contributed by atoms with Crippen LogP contribution in [0.3, 0.4) is 0 Å². The number of benzene rings is 2. The third-order valence-electron chi connectivity index (χ3n) is 4.77. The SMILES string of the molecule is C[C@@H](Nc1nc(-c2ccncc2)nc2ccccc12)c1cc2ccccc2o1. The maximum atomic E-state index is 6.01. The number of furan rings is 1. The number of fused-ring (bicyclic) bond motifs is 2. The van der Waals surface area contributed by atoms with Crippen LogP contribution < -0.4 is 5.32 Å². The third kappa shape index (κ3) is 2.97. The van der Waals surface area contributed by atoms with E-state index in [1.54, 1.807) is 12.4 Å². The molecule has 0 saturated heterocycles. The second-order valence-corrected chi connectivity index (χ2v) is 6.70. The summed E-state index contributed by atoms with van der Waals surface area (Å²) in [7, 11) is 0. The normalized spacial score (nSPS) is 12.3. The fourth-order valence-corrected chi connectivity index (χ4v) is 3.31. The lowest BCUT2D eigenvalue weighted by molar-refractivity contribution is 0.526. The maximum Gasteiger partial charge on any atom is 0.162 e. The van der Waals surface area contributed by atoms with Crippen LogP contribution in [-0.2, 0) is 0 Å². The summed E-state index contributed by atoms with van der Waals surface area (Å²) in [4.78, 5) is 13.6. The van der Waals surface area contributed by atoms with Crippen LogP contribution in [0.5, 0.6) is 0 Å². The Morgan fingerprint density at radius 2 is 1.68 bits per heavy atom. The fraction of sp³-hybridized carbons (Fsp3) is 0.0870. The molecule has 0 saturated carbocycles. The average molecular weight is 366 g/mol. The lowest BCUT2D eigenvalue weighted by Crippen LogP contribution is -2.08. The number of hydrogen-bond donors (Lipinski definition) is 1. The molecule has 5 rings (SSSR count). The number of nitrogens with zero attached hydrogens (tertiary/aromatic N) is 3. The molecule has 0 bridgehead atoms. The molecular formula is C23H18N4O. The summed E-state index contributed by atoms with van der Waals surface area (Å²) < 4.78 is 6.01. The first-order valence-corrected chi connectivity index (χ1v) is 9.20. The van der Waals surface area contributed by atoms with Crippen LogP contribution in [0.1, 0.15) is 18.7 Å². The zero-order chi connectivity index (χ0) is 18.9. The van der Waals surface area contributed by atoms with E-state index in [0.717, 1.165) is 39.0 Å². The molecule has 0 aliphatic rings. The molecule has 0 spiro atoms.